The zero-order chi connectivity index (χ0) is 15.0. The van der Waals surface area contributed by atoms with Crippen molar-refractivity contribution < 1.29 is 0 Å². The van der Waals surface area contributed by atoms with Gasteiger partial charge in [0, 0.05) is 27.9 Å². The van der Waals surface area contributed by atoms with E-state index in [-0.39, 0.29) is 0 Å². The lowest BCUT2D eigenvalue weighted by atomic mass is 10.0. The van der Waals surface area contributed by atoms with Gasteiger partial charge < -0.3 is 4.98 Å². The maximum atomic E-state index is 5.49. The fourth-order valence-corrected chi connectivity index (χ4v) is 6.66. The summed E-state index contributed by atoms with van der Waals surface area (Å²) in [6.07, 6.45) is 5.20. The standard InChI is InChI=1S/C15H21BrN2S3/c1-8-9(2)21-11(7-20-8)14-17-13(10-5-3-4-6-10)12(16)15(19)18-14/h8-11H,3-7H2,1-2H3,(H,17,18,19). The van der Waals surface area contributed by atoms with E-state index in [1.807, 2.05) is 11.8 Å². The van der Waals surface area contributed by atoms with Crippen LogP contribution in [0.2, 0.25) is 0 Å². The predicted octanol–water partition coefficient (Wildman–Crippen LogP) is 5.86. The molecule has 1 aromatic heterocycles. The van der Waals surface area contributed by atoms with E-state index in [1.54, 1.807) is 0 Å². The molecule has 2 nitrogen and oxygen atoms in total. The molecule has 3 unspecified atom stereocenters. The molecule has 1 N–H and O–H groups in total. The second kappa shape index (κ2) is 6.93. The molecule has 1 aromatic rings. The maximum Gasteiger partial charge on any atom is 0.144 e. The molecule has 1 saturated carbocycles. The summed E-state index contributed by atoms with van der Waals surface area (Å²) in [4.78, 5) is 8.31. The summed E-state index contributed by atoms with van der Waals surface area (Å²) in [7, 11) is 0. The molecule has 0 bridgehead atoms. The van der Waals surface area contributed by atoms with Crippen LogP contribution < -0.4 is 0 Å². The largest absolute Gasteiger partial charge is 0.345 e. The Morgan fingerprint density at radius 3 is 2.62 bits per heavy atom. The molecule has 21 heavy (non-hydrogen) atoms. The summed E-state index contributed by atoms with van der Waals surface area (Å²) in [6.45, 7) is 4.64. The Morgan fingerprint density at radius 2 is 1.95 bits per heavy atom. The van der Waals surface area contributed by atoms with Gasteiger partial charge >= 0.3 is 0 Å². The van der Waals surface area contributed by atoms with Gasteiger partial charge in [-0.15, -0.1) is 11.8 Å². The summed E-state index contributed by atoms with van der Waals surface area (Å²) >= 11 is 13.2. The van der Waals surface area contributed by atoms with Crippen LogP contribution >= 0.6 is 51.7 Å². The zero-order valence-corrected chi connectivity index (χ0v) is 16.4. The molecule has 2 fully saturated rings. The Labute approximate surface area is 148 Å². The topological polar surface area (TPSA) is 28.7 Å². The zero-order valence-electron chi connectivity index (χ0n) is 12.4. The molecular formula is C15H21BrN2S3. The van der Waals surface area contributed by atoms with Crippen molar-refractivity contribution in [2.45, 2.75) is 61.2 Å². The van der Waals surface area contributed by atoms with E-state index in [1.165, 1.54) is 31.4 Å². The minimum Gasteiger partial charge on any atom is -0.345 e. The van der Waals surface area contributed by atoms with E-state index in [4.69, 9.17) is 12.2 Å². The van der Waals surface area contributed by atoms with E-state index in [0.717, 1.165) is 25.9 Å². The van der Waals surface area contributed by atoms with Crippen LogP contribution in [0.15, 0.2) is 4.47 Å². The number of H-pyrrole nitrogens is 1. The molecule has 0 spiro atoms. The van der Waals surface area contributed by atoms with Crippen molar-refractivity contribution in [2.75, 3.05) is 5.75 Å². The van der Waals surface area contributed by atoms with Gasteiger partial charge in [0.05, 0.1) is 9.72 Å². The molecule has 1 aliphatic carbocycles. The SMILES string of the molecule is CC1SCC(c2nc(=S)c(Br)c(C3CCCC3)[nH]2)SC1C. The van der Waals surface area contributed by atoms with Crippen LogP contribution in [0.1, 0.15) is 62.2 Å². The molecule has 1 saturated heterocycles. The van der Waals surface area contributed by atoms with Crippen molar-refractivity contribution in [2.24, 2.45) is 0 Å². The van der Waals surface area contributed by atoms with Gasteiger partial charge in [-0.05, 0) is 28.8 Å². The molecular weight excluding hydrogens is 384 g/mol. The third kappa shape index (κ3) is 3.54. The summed E-state index contributed by atoms with van der Waals surface area (Å²) in [5.41, 5.74) is 1.29. The highest BCUT2D eigenvalue weighted by Crippen LogP contribution is 2.44. The van der Waals surface area contributed by atoms with E-state index in [0.29, 0.717) is 16.4 Å². The Kier molecular flexibility index (Phi) is 5.40. The molecule has 3 atom stereocenters. The number of aromatic amines is 1. The molecule has 0 radical (unpaired) electrons. The van der Waals surface area contributed by atoms with Gasteiger partial charge in [0.15, 0.2) is 0 Å². The van der Waals surface area contributed by atoms with Gasteiger partial charge in [0.1, 0.15) is 10.5 Å². The number of thioether (sulfide) groups is 2. The lowest BCUT2D eigenvalue weighted by Crippen LogP contribution is -2.23. The predicted molar refractivity (Wildman–Crippen MR) is 100 cm³/mol. The lowest BCUT2D eigenvalue weighted by molar-refractivity contribution is 0.676. The summed E-state index contributed by atoms with van der Waals surface area (Å²) in [6, 6.07) is 0. The molecule has 2 aliphatic rings. The normalized spacial score (nSPS) is 30.7. The number of hydrogen-bond acceptors (Lipinski definition) is 4. The highest BCUT2D eigenvalue weighted by molar-refractivity contribution is 9.10. The van der Waals surface area contributed by atoms with Crippen LogP contribution in [0.5, 0.6) is 0 Å². The number of rotatable bonds is 2. The average molecular weight is 405 g/mol. The van der Waals surface area contributed by atoms with Crippen LogP contribution in [-0.4, -0.2) is 26.2 Å². The second-order valence-electron chi connectivity index (χ2n) is 6.00. The van der Waals surface area contributed by atoms with Crippen molar-refractivity contribution in [1.29, 1.82) is 0 Å². The summed E-state index contributed by atoms with van der Waals surface area (Å²) < 4.78 is 1.74. The third-order valence-corrected chi connectivity index (χ3v) is 9.29. The first-order chi connectivity index (χ1) is 10.1. The molecule has 0 amide bonds. The van der Waals surface area contributed by atoms with Crippen molar-refractivity contribution in [3.05, 3.63) is 20.6 Å². The monoisotopic (exact) mass is 404 g/mol. The van der Waals surface area contributed by atoms with Crippen LogP contribution in [-0.2, 0) is 0 Å². The number of nitrogens with zero attached hydrogens (tertiary/aromatic N) is 1. The molecule has 6 heteroatoms. The number of hydrogen-bond donors (Lipinski definition) is 1. The van der Waals surface area contributed by atoms with Gasteiger partial charge in [-0.3, -0.25) is 0 Å². The minimum absolute atomic E-state index is 0.441. The van der Waals surface area contributed by atoms with Crippen LogP contribution in [0.25, 0.3) is 0 Å². The first kappa shape index (κ1) is 16.3. The fraction of sp³-hybridized carbons (Fsp3) is 0.733. The van der Waals surface area contributed by atoms with Crippen LogP contribution in [0.3, 0.4) is 0 Å². The van der Waals surface area contributed by atoms with Crippen LogP contribution in [0, 0.1) is 4.64 Å². The van der Waals surface area contributed by atoms with Gasteiger partial charge in [0.2, 0.25) is 0 Å². The van der Waals surface area contributed by atoms with Crippen molar-refractivity contribution in [3.8, 4) is 0 Å². The Balaban J connectivity index is 1.90. The lowest BCUT2D eigenvalue weighted by Gasteiger charge is -2.31. The highest BCUT2D eigenvalue weighted by atomic mass is 79.9. The maximum absolute atomic E-state index is 5.49. The Hall–Kier alpha value is 0.480. The molecule has 2 heterocycles. The van der Waals surface area contributed by atoms with Gasteiger partial charge in [-0.1, -0.05) is 38.9 Å². The molecule has 0 aromatic carbocycles. The Bertz CT molecular complexity index is 569. The van der Waals surface area contributed by atoms with Crippen molar-refractivity contribution in [3.63, 3.8) is 0 Å². The van der Waals surface area contributed by atoms with Crippen LogP contribution in [0.4, 0.5) is 0 Å². The number of nitrogens with one attached hydrogen (secondary N) is 1. The molecule has 116 valence electrons. The second-order valence-corrected chi connectivity index (χ2v) is 10.2. The first-order valence-corrected chi connectivity index (χ1v) is 10.8. The molecule has 1 aliphatic heterocycles. The molecule has 3 rings (SSSR count). The van der Waals surface area contributed by atoms with E-state index in [2.05, 4.69) is 51.5 Å². The average Bonchev–Trinajstić information content (AvgIpc) is 2.98. The Morgan fingerprint density at radius 1 is 1.24 bits per heavy atom. The summed E-state index contributed by atoms with van der Waals surface area (Å²) in [5.74, 6) is 2.84. The van der Waals surface area contributed by atoms with Gasteiger partial charge in [0.25, 0.3) is 0 Å². The smallest absolute Gasteiger partial charge is 0.144 e. The number of halogens is 1. The van der Waals surface area contributed by atoms with Crippen molar-refractivity contribution >= 4 is 51.7 Å². The van der Waals surface area contributed by atoms with E-state index in [9.17, 15) is 0 Å². The van der Waals surface area contributed by atoms with E-state index < -0.39 is 0 Å². The van der Waals surface area contributed by atoms with E-state index >= 15 is 0 Å². The first-order valence-electron chi connectivity index (χ1n) is 7.63. The fourth-order valence-electron chi connectivity index (χ4n) is 3.07. The van der Waals surface area contributed by atoms with Crippen molar-refractivity contribution in [1.82, 2.24) is 9.97 Å². The van der Waals surface area contributed by atoms with Gasteiger partial charge in [-0.25, -0.2) is 4.98 Å². The number of aromatic nitrogens is 2. The quantitative estimate of drug-likeness (QED) is 0.624. The minimum atomic E-state index is 0.441. The third-order valence-electron chi connectivity index (χ3n) is 4.53. The van der Waals surface area contributed by atoms with Gasteiger partial charge in [-0.2, -0.15) is 11.8 Å². The highest BCUT2D eigenvalue weighted by Gasteiger charge is 2.29. The summed E-state index contributed by atoms with van der Waals surface area (Å²) in [5, 5.41) is 1.83.